The van der Waals surface area contributed by atoms with Gasteiger partial charge in [-0.15, -0.1) is 0 Å². The van der Waals surface area contributed by atoms with Crippen LogP contribution < -0.4 is 16.2 Å². The average molecular weight is 514 g/mol. The van der Waals surface area contributed by atoms with Crippen LogP contribution in [-0.2, 0) is 4.79 Å². The Labute approximate surface area is 221 Å². The number of nitrogens with one attached hydrogen (secondary N) is 3. The third-order valence-corrected chi connectivity index (χ3v) is 7.16. The van der Waals surface area contributed by atoms with Crippen LogP contribution in [0.5, 0.6) is 0 Å². The Balaban J connectivity index is 1.52. The maximum atomic E-state index is 14.6. The lowest BCUT2D eigenvalue weighted by Crippen LogP contribution is -2.32. The van der Waals surface area contributed by atoms with Gasteiger partial charge in [-0.2, -0.15) is 0 Å². The first-order valence-corrected chi connectivity index (χ1v) is 13.0. The van der Waals surface area contributed by atoms with Crippen molar-refractivity contribution in [2.24, 2.45) is 5.92 Å². The fraction of sp³-hybridized carbons (Fsp3) is 0.258. The van der Waals surface area contributed by atoms with E-state index in [1.54, 1.807) is 6.08 Å². The third-order valence-electron chi connectivity index (χ3n) is 7.16. The molecule has 0 radical (unpaired) electrons. The molecule has 38 heavy (non-hydrogen) atoms. The molecule has 1 saturated carbocycles. The molecule has 0 spiro atoms. The van der Waals surface area contributed by atoms with E-state index in [1.165, 1.54) is 23.6 Å². The normalized spacial score (nSPS) is 18.3. The van der Waals surface area contributed by atoms with Crippen LogP contribution >= 0.6 is 0 Å². The van der Waals surface area contributed by atoms with Gasteiger partial charge in [-0.25, -0.2) is 9.82 Å². The molecule has 0 saturated heterocycles. The molecular formula is C31H32FN3O3. The van der Waals surface area contributed by atoms with Crippen LogP contribution in [0.1, 0.15) is 53.4 Å². The highest BCUT2D eigenvalue weighted by Gasteiger charge is 2.28. The number of allylic oxidation sites excluding steroid dienone is 1. The second-order valence-corrected chi connectivity index (χ2v) is 9.75. The van der Waals surface area contributed by atoms with Crippen molar-refractivity contribution in [3.8, 4) is 0 Å². The molecule has 5 rings (SSSR count). The SMILES string of the molecule is O=C(/C=C/c1ccc(/C(=C(\c2ccccc2)C2CCC2)c2ccc3c(c2)C(F)NN3)cc1)NC[C@@H](O)CO. The molecule has 3 aromatic rings. The van der Waals surface area contributed by atoms with Crippen molar-refractivity contribution in [3.63, 3.8) is 0 Å². The zero-order valence-corrected chi connectivity index (χ0v) is 21.0. The van der Waals surface area contributed by atoms with Crippen LogP contribution in [0.15, 0.2) is 78.9 Å². The summed E-state index contributed by atoms with van der Waals surface area (Å²) >= 11 is 0. The first kappa shape index (κ1) is 25.9. The van der Waals surface area contributed by atoms with E-state index in [9.17, 15) is 14.3 Å². The summed E-state index contributed by atoms with van der Waals surface area (Å²) in [5.74, 6) is 0.0789. The van der Waals surface area contributed by atoms with E-state index in [2.05, 4.69) is 40.4 Å². The maximum absolute atomic E-state index is 14.6. The Morgan fingerprint density at radius 1 is 1.03 bits per heavy atom. The molecule has 3 aromatic carbocycles. The summed E-state index contributed by atoms with van der Waals surface area (Å²) in [6.07, 6.45) is 4.29. The predicted octanol–water partition coefficient (Wildman–Crippen LogP) is 4.83. The molecular weight excluding hydrogens is 481 g/mol. The number of fused-ring (bicyclic) bond motifs is 1. The maximum Gasteiger partial charge on any atom is 0.244 e. The van der Waals surface area contributed by atoms with Gasteiger partial charge in [-0.1, -0.05) is 67.1 Å². The highest BCUT2D eigenvalue weighted by Crippen LogP contribution is 2.46. The molecule has 1 heterocycles. The number of hydrazine groups is 1. The number of carbonyl (C=O) groups excluding carboxylic acids is 1. The number of aliphatic hydroxyl groups is 2. The van der Waals surface area contributed by atoms with Gasteiger partial charge in [0.05, 0.1) is 18.4 Å². The molecule has 2 aliphatic rings. The Kier molecular flexibility index (Phi) is 7.98. The van der Waals surface area contributed by atoms with Crippen molar-refractivity contribution in [1.82, 2.24) is 10.7 Å². The summed E-state index contributed by atoms with van der Waals surface area (Å²) in [5, 5.41) is 20.8. The van der Waals surface area contributed by atoms with Crippen LogP contribution in [-0.4, -0.2) is 35.4 Å². The number of carbonyl (C=O) groups is 1. The second-order valence-electron chi connectivity index (χ2n) is 9.75. The lowest BCUT2D eigenvalue weighted by Gasteiger charge is -2.31. The summed E-state index contributed by atoms with van der Waals surface area (Å²) in [6, 6.07) is 24.3. The first-order chi connectivity index (χ1) is 18.5. The van der Waals surface area contributed by atoms with Gasteiger partial charge in [0.2, 0.25) is 5.91 Å². The van der Waals surface area contributed by atoms with E-state index < -0.39 is 19.0 Å². The molecule has 1 unspecified atom stereocenters. The Bertz CT molecular complexity index is 1330. The topological polar surface area (TPSA) is 93.6 Å². The minimum absolute atomic E-state index is 0.0122. The standard InChI is InChI=1S/C31H32FN3O3/c32-31-26-17-24(14-15-27(26)34-35-31)30(29(22-7-4-8-22)21-5-2-1-3-6-21)23-12-9-20(10-13-23)11-16-28(38)33-18-25(37)19-36/h1-3,5-6,9-17,22,25,31,34-37H,4,7-8,18-19H2,(H,33,38)/b16-11+,30-29-/t25-,31?/m1/s1. The fourth-order valence-electron chi connectivity index (χ4n) is 4.91. The van der Waals surface area contributed by atoms with E-state index in [0.29, 0.717) is 11.5 Å². The average Bonchev–Trinajstić information content (AvgIpc) is 3.30. The fourth-order valence-corrected chi connectivity index (χ4v) is 4.91. The van der Waals surface area contributed by atoms with Crippen LogP contribution in [0.25, 0.3) is 17.2 Å². The lowest BCUT2D eigenvalue weighted by molar-refractivity contribution is -0.117. The van der Waals surface area contributed by atoms with Crippen molar-refractivity contribution >= 4 is 28.8 Å². The van der Waals surface area contributed by atoms with Gasteiger partial charge >= 0.3 is 0 Å². The zero-order valence-electron chi connectivity index (χ0n) is 21.0. The van der Waals surface area contributed by atoms with Gasteiger partial charge in [0, 0.05) is 18.2 Å². The number of hydrogen-bond donors (Lipinski definition) is 5. The molecule has 1 amide bonds. The summed E-state index contributed by atoms with van der Waals surface area (Å²) < 4.78 is 14.6. The van der Waals surface area contributed by atoms with Crippen molar-refractivity contribution in [2.45, 2.75) is 31.7 Å². The van der Waals surface area contributed by atoms with Crippen LogP contribution in [0, 0.1) is 5.92 Å². The number of benzene rings is 3. The molecule has 0 aromatic heterocycles. The number of aliphatic hydroxyl groups excluding tert-OH is 2. The lowest BCUT2D eigenvalue weighted by atomic mass is 9.73. The second kappa shape index (κ2) is 11.7. The number of alkyl halides is 1. The molecule has 1 aliphatic carbocycles. The highest BCUT2D eigenvalue weighted by atomic mass is 19.1. The third kappa shape index (κ3) is 5.70. The van der Waals surface area contributed by atoms with Crippen LogP contribution in [0.3, 0.4) is 0 Å². The largest absolute Gasteiger partial charge is 0.394 e. The molecule has 5 N–H and O–H groups in total. The van der Waals surface area contributed by atoms with E-state index in [-0.39, 0.29) is 12.5 Å². The minimum atomic E-state index is -1.27. The van der Waals surface area contributed by atoms with Gasteiger partial charge in [-0.05, 0) is 70.4 Å². The van der Waals surface area contributed by atoms with E-state index in [0.717, 1.165) is 40.8 Å². The van der Waals surface area contributed by atoms with Crippen molar-refractivity contribution in [3.05, 3.63) is 107 Å². The van der Waals surface area contributed by atoms with Gasteiger partial charge in [0.25, 0.3) is 0 Å². The Morgan fingerprint density at radius 3 is 2.45 bits per heavy atom. The van der Waals surface area contributed by atoms with E-state index >= 15 is 0 Å². The molecule has 1 fully saturated rings. The number of rotatable bonds is 9. The zero-order chi connectivity index (χ0) is 26.5. The van der Waals surface area contributed by atoms with E-state index in [1.807, 2.05) is 48.5 Å². The monoisotopic (exact) mass is 513 g/mol. The van der Waals surface area contributed by atoms with Gasteiger partial charge in [0.1, 0.15) is 0 Å². The number of amides is 1. The summed E-state index contributed by atoms with van der Waals surface area (Å²) in [7, 11) is 0. The van der Waals surface area contributed by atoms with Gasteiger partial charge in [0.15, 0.2) is 6.30 Å². The molecule has 0 bridgehead atoms. The van der Waals surface area contributed by atoms with Crippen LogP contribution in [0.4, 0.5) is 10.1 Å². The first-order valence-electron chi connectivity index (χ1n) is 13.0. The van der Waals surface area contributed by atoms with Crippen molar-refractivity contribution in [2.75, 3.05) is 18.6 Å². The quantitative estimate of drug-likeness (QED) is 0.161. The van der Waals surface area contributed by atoms with Crippen LogP contribution in [0.2, 0.25) is 0 Å². The number of halogens is 1. The van der Waals surface area contributed by atoms with Gasteiger partial charge < -0.3 is 21.0 Å². The molecule has 2 atom stereocenters. The number of hydrogen-bond acceptors (Lipinski definition) is 5. The Hall–Kier alpha value is -3.78. The molecule has 196 valence electrons. The molecule has 1 aliphatic heterocycles. The van der Waals surface area contributed by atoms with Crippen molar-refractivity contribution < 1.29 is 19.4 Å². The molecule has 6 nitrogen and oxygen atoms in total. The highest BCUT2D eigenvalue weighted by molar-refractivity contribution is 6.00. The van der Waals surface area contributed by atoms with Crippen molar-refractivity contribution in [1.29, 1.82) is 0 Å². The minimum Gasteiger partial charge on any atom is -0.394 e. The summed E-state index contributed by atoms with van der Waals surface area (Å²) in [6.45, 7) is -0.419. The smallest absolute Gasteiger partial charge is 0.244 e. The molecule has 7 heteroatoms. The van der Waals surface area contributed by atoms with Gasteiger partial charge in [-0.3, -0.25) is 4.79 Å². The number of anilines is 1. The summed E-state index contributed by atoms with van der Waals surface area (Å²) in [5.41, 5.74) is 13.3. The predicted molar refractivity (Wildman–Crippen MR) is 148 cm³/mol. The Morgan fingerprint density at radius 2 is 1.76 bits per heavy atom. The summed E-state index contributed by atoms with van der Waals surface area (Å²) in [4.78, 5) is 12.0. The van der Waals surface area contributed by atoms with E-state index in [4.69, 9.17) is 5.11 Å².